The van der Waals surface area contributed by atoms with E-state index in [1.54, 1.807) is 26.8 Å². The van der Waals surface area contributed by atoms with Crippen LogP contribution in [0.15, 0.2) is 47.3 Å². The van der Waals surface area contributed by atoms with E-state index in [1.807, 2.05) is 19.1 Å². The molecule has 0 atom stereocenters. The number of ether oxygens (including phenoxy) is 3. The molecule has 0 fully saturated rings. The Morgan fingerprint density at radius 3 is 2.44 bits per heavy atom. The number of fused-ring (bicyclic) bond motifs is 1. The Hall–Kier alpha value is -2.82. The van der Waals surface area contributed by atoms with Gasteiger partial charge in [0.05, 0.1) is 13.2 Å². The van der Waals surface area contributed by atoms with Gasteiger partial charge in [-0.1, -0.05) is 19.9 Å². The predicted octanol–water partition coefficient (Wildman–Crippen LogP) is 7.06. The third kappa shape index (κ3) is 6.12. The average Bonchev–Trinajstić information content (AvgIpc) is 2.70. The molecule has 1 aromatic rings. The molecule has 174 valence electrons. The molecule has 0 aromatic heterocycles. The van der Waals surface area contributed by atoms with Crippen LogP contribution in [-0.2, 0) is 9.53 Å². The van der Waals surface area contributed by atoms with Crippen molar-refractivity contribution in [2.75, 3.05) is 13.2 Å². The number of hydrogen-bond donors (Lipinski definition) is 0. The third-order valence-corrected chi connectivity index (χ3v) is 5.29. The average molecular weight is 443 g/mol. The molecule has 0 unspecified atom stereocenters. The molecule has 1 aliphatic rings. The maximum atomic E-state index is 15.1. The molecule has 0 radical (unpaired) electrons. The number of allylic oxidation sites excluding steroid dienone is 5. The summed E-state index contributed by atoms with van der Waals surface area (Å²) in [6, 6.07) is 3.76. The van der Waals surface area contributed by atoms with Crippen molar-refractivity contribution in [1.82, 2.24) is 0 Å². The van der Waals surface area contributed by atoms with Crippen LogP contribution in [-0.4, -0.2) is 24.8 Å². The van der Waals surface area contributed by atoms with Crippen molar-refractivity contribution in [3.8, 4) is 11.5 Å². The van der Waals surface area contributed by atoms with Crippen molar-refractivity contribution in [3.05, 3.63) is 58.5 Å². The number of halogens is 1. The van der Waals surface area contributed by atoms with Gasteiger partial charge in [-0.3, -0.25) is 0 Å². The number of rotatable bonds is 8. The largest absolute Gasteiger partial charge is 0.493 e. The Labute approximate surface area is 191 Å². The van der Waals surface area contributed by atoms with Gasteiger partial charge in [-0.15, -0.1) is 0 Å². The van der Waals surface area contributed by atoms with Gasteiger partial charge >= 0.3 is 5.97 Å². The number of esters is 1. The van der Waals surface area contributed by atoms with E-state index in [4.69, 9.17) is 14.2 Å². The van der Waals surface area contributed by atoms with E-state index in [0.29, 0.717) is 41.6 Å². The molecule has 1 aliphatic heterocycles. The van der Waals surface area contributed by atoms with Gasteiger partial charge in [-0.2, -0.15) is 0 Å². The lowest BCUT2D eigenvalue weighted by molar-refractivity contribution is -0.137. The molecular formula is C27H35FO4. The van der Waals surface area contributed by atoms with Gasteiger partial charge in [0.1, 0.15) is 22.9 Å². The van der Waals surface area contributed by atoms with E-state index < -0.39 is 17.4 Å². The summed E-state index contributed by atoms with van der Waals surface area (Å²) in [7, 11) is 0. The summed E-state index contributed by atoms with van der Waals surface area (Å²) in [4.78, 5) is 11.6. The third-order valence-electron chi connectivity index (χ3n) is 5.29. The number of carbonyl (C=O) groups is 1. The predicted molar refractivity (Wildman–Crippen MR) is 128 cm³/mol. The fraction of sp³-hybridized carbons (Fsp3) is 0.444. The first-order chi connectivity index (χ1) is 15.0. The van der Waals surface area contributed by atoms with Crippen LogP contribution in [0.1, 0.15) is 66.5 Å². The summed E-state index contributed by atoms with van der Waals surface area (Å²) in [5.74, 6) is 0.762. The molecule has 0 amide bonds. The molecule has 32 heavy (non-hydrogen) atoms. The Balaban J connectivity index is 2.49. The van der Waals surface area contributed by atoms with Crippen molar-refractivity contribution >= 4 is 17.6 Å². The topological polar surface area (TPSA) is 44.8 Å². The zero-order valence-corrected chi connectivity index (χ0v) is 20.5. The maximum absolute atomic E-state index is 15.1. The van der Waals surface area contributed by atoms with Crippen LogP contribution >= 0.6 is 0 Å². The lowest BCUT2D eigenvalue weighted by Gasteiger charge is -2.36. The van der Waals surface area contributed by atoms with Crippen LogP contribution < -0.4 is 9.47 Å². The van der Waals surface area contributed by atoms with Gasteiger partial charge < -0.3 is 14.2 Å². The molecule has 1 heterocycles. The summed E-state index contributed by atoms with van der Waals surface area (Å²) >= 11 is 0. The molecule has 0 saturated heterocycles. The van der Waals surface area contributed by atoms with Gasteiger partial charge in [0.15, 0.2) is 0 Å². The van der Waals surface area contributed by atoms with E-state index in [-0.39, 0.29) is 0 Å². The van der Waals surface area contributed by atoms with Gasteiger partial charge in [-0.25, -0.2) is 9.18 Å². The molecule has 0 aliphatic carbocycles. The first-order valence-corrected chi connectivity index (χ1v) is 11.1. The Morgan fingerprint density at radius 2 is 1.84 bits per heavy atom. The molecule has 2 rings (SSSR count). The van der Waals surface area contributed by atoms with Crippen molar-refractivity contribution in [1.29, 1.82) is 0 Å². The smallest absolute Gasteiger partial charge is 0.330 e. The minimum Gasteiger partial charge on any atom is -0.493 e. The molecule has 1 aromatic carbocycles. The van der Waals surface area contributed by atoms with Crippen LogP contribution in [0.5, 0.6) is 11.5 Å². The van der Waals surface area contributed by atoms with E-state index in [0.717, 1.165) is 11.3 Å². The summed E-state index contributed by atoms with van der Waals surface area (Å²) in [6.45, 7) is 16.2. The second-order valence-corrected chi connectivity index (χ2v) is 8.63. The zero-order valence-electron chi connectivity index (χ0n) is 20.5. The van der Waals surface area contributed by atoms with Gasteiger partial charge in [0.2, 0.25) is 0 Å². The molecule has 4 nitrogen and oxygen atoms in total. The van der Waals surface area contributed by atoms with Crippen LogP contribution in [0.4, 0.5) is 4.39 Å². The fourth-order valence-electron chi connectivity index (χ4n) is 3.76. The van der Waals surface area contributed by atoms with Crippen LogP contribution in [0.3, 0.4) is 0 Å². The molecule has 5 heteroatoms. The lowest BCUT2D eigenvalue weighted by atomic mass is 9.84. The summed E-state index contributed by atoms with van der Waals surface area (Å²) in [6.07, 6.45) is 6.38. The maximum Gasteiger partial charge on any atom is 0.330 e. The molecule has 0 spiro atoms. The Kier molecular flexibility index (Phi) is 8.48. The molecule has 0 N–H and O–H groups in total. The number of benzene rings is 1. The van der Waals surface area contributed by atoms with E-state index in [2.05, 4.69) is 33.8 Å². The first kappa shape index (κ1) is 25.4. The molecule has 0 saturated carbocycles. The van der Waals surface area contributed by atoms with Crippen LogP contribution in [0.2, 0.25) is 0 Å². The van der Waals surface area contributed by atoms with Crippen LogP contribution in [0.25, 0.3) is 11.6 Å². The molecule has 0 bridgehead atoms. The first-order valence-electron chi connectivity index (χ1n) is 11.1. The van der Waals surface area contributed by atoms with Gasteiger partial charge in [-0.05, 0) is 82.4 Å². The van der Waals surface area contributed by atoms with E-state index >= 15 is 4.39 Å². The Bertz CT molecular complexity index is 978. The highest BCUT2D eigenvalue weighted by Crippen LogP contribution is 2.43. The van der Waals surface area contributed by atoms with Gasteiger partial charge in [0.25, 0.3) is 0 Å². The lowest BCUT2D eigenvalue weighted by Crippen LogP contribution is -2.35. The number of hydrogen-bond acceptors (Lipinski definition) is 4. The summed E-state index contributed by atoms with van der Waals surface area (Å²) in [5, 5.41) is 0. The van der Waals surface area contributed by atoms with Gasteiger partial charge in [0, 0.05) is 23.3 Å². The second kappa shape index (κ2) is 10.7. The fourth-order valence-corrected chi connectivity index (χ4v) is 3.76. The van der Waals surface area contributed by atoms with E-state index in [9.17, 15) is 4.79 Å². The SMILES string of the molecule is CCOC(=O)/C=C(C)/C=C/C(F)=C(/C)c1cc2c(cc1OCC)OC(C)(C)C(C(C)C)=C2. The standard InChI is InChI=1S/C27H35FO4/c1-9-30-25-16-24-20(15-22(17(3)4)27(7,8)32-24)14-21(25)19(6)23(28)12-11-18(5)13-26(29)31-10-2/h11-17H,9-10H2,1-8H3/b12-11+,18-13+,23-19+. The van der Waals surface area contributed by atoms with Crippen molar-refractivity contribution in [2.45, 2.75) is 61.0 Å². The minimum absolute atomic E-state index is 0.298. The highest BCUT2D eigenvalue weighted by Gasteiger charge is 2.32. The second-order valence-electron chi connectivity index (χ2n) is 8.63. The molecular weight excluding hydrogens is 407 g/mol. The highest BCUT2D eigenvalue weighted by molar-refractivity contribution is 5.83. The van der Waals surface area contributed by atoms with Crippen molar-refractivity contribution in [2.24, 2.45) is 5.92 Å². The zero-order chi connectivity index (χ0) is 24.1. The highest BCUT2D eigenvalue weighted by atomic mass is 19.1. The summed E-state index contributed by atoms with van der Waals surface area (Å²) < 4.78 is 32.0. The number of carbonyl (C=O) groups excluding carboxylic acids is 1. The van der Waals surface area contributed by atoms with E-state index in [1.165, 1.54) is 17.7 Å². The summed E-state index contributed by atoms with van der Waals surface area (Å²) in [5.41, 5.74) is 3.38. The minimum atomic E-state index is -0.445. The monoisotopic (exact) mass is 442 g/mol. The van der Waals surface area contributed by atoms with Crippen LogP contribution in [0, 0.1) is 5.92 Å². The quantitative estimate of drug-likeness (QED) is 0.246. The van der Waals surface area contributed by atoms with Crippen molar-refractivity contribution < 1.29 is 23.4 Å². The van der Waals surface area contributed by atoms with Crippen molar-refractivity contribution in [3.63, 3.8) is 0 Å². The normalized spacial score (nSPS) is 16.3. The Morgan fingerprint density at radius 1 is 1.16 bits per heavy atom.